The molecule has 1 aliphatic rings. The summed E-state index contributed by atoms with van der Waals surface area (Å²) in [6.45, 7) is 2.85. The van der Waals surface area contributed by atoms with E-state index in [4.69, 9.17) is 0 Å². The van der Waals surface area contributed by atoms with Crippen LogP contribution < -0.4 is 5.32 Å². The summed E-state index contributed by atoms with van der Waals surface area (Å²) in [4.78, 5) is 6.17. The topological polar surface area (TPSA) is 48.4 Å². The van der Waals surface area contributed by atoms with Crippen LogP contribution in [0.4, 0.5) is 10.2 Å². The molecule has 4 nitrogen and oxygen atoms in total. The van der Waals surface area contributed by atoms with E-state index >= 15 is 0 Å². The Morgan fingerprint density at radius 1 is 1.23 bits per heavy atom. The molecule has 1 aromatic carbocycles. The number of benzene rings is 1. The van der Waals surface area contributed by atoms with E-state index in [1.807, 2.05) is 0 Å². The molecular formula is C17H20FN3O. The van der Waals surface area contributed by atoms with Crippen molar-refractivity contribution < 1.29 is 9.50 Å². The molecule has 0 amide bonds. The summed E-state index contributed by atoms with van der Waals surface area (Å²) in [5.41, 5.74) is 2.75. The van der Waals surface area contributed by atoms with Crippen molar-refractivity contribution >= 4 is 5.82 Å². The van der Waals surface area contributed by atoms with Crippen LogP contribution in [0.5, 0.6) is 0 Å². The minimum Gasteiger partial charge on any atom is -0.390 e. The van der Waals surface area contributed by atoms with Crippen molar-refractivity contribution in [3.63, 3.8) is 0 Å². The second-order valence-electron chi connectivity index (χ2n) is 5.65. The number of aliphatic hydroxyl groups excluding tert-OH is 1. The van der Waals surface area contributed by atoms with Crippen LogP contribution in [0.2, 0.25) is 0 Å². The molecule has 1 aromatic heterocycles. The Balaban J connectivity index is 1.48. The lowest BCUT2D eigenvalue weighted by Gasteiger charge is -2.30. The van der Waals surface area contributed by atoms with Crippen LogP contribution >= 0.6 is 0 Å². The quantitative estimate of drug-likeness (QED) is 0.887. The van der Waals surface area contributed by atoms with E-state index in [-0.39, 0.29) is 5.82 Å². The number of aliphatic hydroxyl groups is 1. The summed E-state index contributed by atoms with van der Waals surface area (Å²) in [6, 6.07) is 11.4. The lowest BCUT2D eigenvalue weighted by molar-refractivity contribution is 0.114. The molecule has 0 saturated heterocycles. The fourth-order valence-electron chi connectivity index (χ4n) is 2.78. The summed E-state index contributed by atoms with van der Waals surface area (Å²) in [5, 5.41) is 13.2. The molecule has 0 aliphatic carbocycles. The molecule has 2 heterocycles. The standard InChI is InChI=1S/C17H20FN3O/c18-15-5-6-17(19-9-15)20-10-16(22)12-21-8-7-13-3-1-2-4-14(13)11-21/h1-6,9,16,22H,7-8,10-12H2,(H,19,20)/t16-/m0/s1. The number of aromatic nitrogens is 1. The molecule has 22 heavy (non-hydrogen) atoms. The maximum absolute atomic E-state index is 12.8. The van der Waals surface area contributed by atoms with E-state index in [1.54, 1.807) is 6.07 Å². The highest BCUT2D eigenvalue weighted by Gasteiger charge is 2.18. The van der Waals surface area contributed by atoms with Crippen LogP contribution in [-0.2, 0) is 13.0 Å². The number of rotatable bonds is 5. The Labute approximate surface area is 129 Å². The molecule has 0 bridgehead atoms. The first-order valence-electron chi connectivity index (χ1n) is 7.53. The van der Waals surface area contributed by atoms with Gasteiger partial charge < -0.3 is 10.4 Å². The highest BCUT2D eigenvalue weighted by Crippen LogP contribution is 2.18. The van der Waals surface area contributed by atoms with Gasteiger partial charge >= 0.3 is 0 Å². The van der Waals surface area contributed by atoms with Gasteiger partial charge in [-0.25, -0.2) is 9.37 Å². The molecule has 116 valence electrons. The van der Waals surface area contributed by atoms with Crippen LogP contribution in [-0.4, -0.2) is 40.7 Å². The van der Waals surface area contributed by atoms with Crippen molar-refractivity contribution in [3.05, 3.63) is 59.5 Å². The van der Waals surface area contributed by atoms with Gasteiger partial charge in [0.15, 0.2) is 0 Å². The Bertz CT molecular complexity index is 618. The van der Waals surface area contributed by atoms with Crippen LogP contribution in [0.3, 0.4) is 0 Å². The molecule has 2 N–H and O–H groups in total. The number of nitrogens with one attached hydrogen (secondary N) is 1. The van der Waals surface area contributed by atoms with Gasteiger partial charge in [-0.1, -0.05) is 24.3 Å². The first-order valence-corrected chi connectivity index (χ1v) is 7.53. The van der Waals surface area contributed by atoms with E-state index in [0.717, 1.165) is 25.7 Å². The van der Waals surface area contributed by atoms with Crippen molar-refractivity contribution in [2.24, 2.45) is 0 Å². The Morgan fingerprint density at radius 2 is 2.05 bits per heavy atom. The number of hydrogen-bond donors (Lipinski definition) is 2. The summed E-state index contributed by atoms with van der Waals surface area (Å²) < 4.78 is 12.8. The third-order valence-electron chi connectivity index (χ3n) is 3.92. The van der Waals surface area contributed by atoms with Crippen molar-refractivity contribution in [2.75, 3.05) is 25.0 Å². The second kappa shape index (κ2) is 6.85. The average Bonchev–Trinajstić information content (AvgIpc) is 2.54. The van der Waals surface area contributed by atoms with Crippen molar-refractivity contribution in [1.29, 1.82) is 0 Å². The number of anilines is 1. The Kier molecular flexibility index (Phi) is 4.65. The number of halogens is 1. The smallest absolute Gasteiger partial charge is 0.141 e. The molecule has 5 heteroatoms. The van der Waals surface area contributed by atoms with Crippen molar-refractivity contribution in [3.8, 4) is 0 Å². The van der Waals surface area contributed by atoms with E-state index in [9.17, 15) is 9.50 Å². The lowest BCUT2D eigenvalue weighted by atomic mass is 10.00. The molecule has 0 spiro atoms. The van der Waals surface area contributed by atoms with Crippen LogP contribution in [0, 0.1) is 5.82 Å². The third kappa shape index (κ3) is 3.81. The SMILES string of the molecule is O[C@@H](CNc1ccc(F)cn1)CN1CCc2ccccc2C1. The Hall–Kier alpha value is -1.98. The third-order valence-corrected chi connectivity index (χ3v) is 3.92. The zero-order chi connectivity index (χ0) is 15.4. The summed E-state index contributed by atoms with van der Waals surface area (Å²) in [5.74, 6) is 0.211. The minimum absolute atomic E-state index is 0.363. The van der Waals surface area contributed by atoms with Gasteiger partial charge in [0.05, 0.1) is 12.3 Å². The summed E-state index contributed by atoms with van der Waals surface area (Å²) in [6.07, 6.45) is 1.70. The van der Waals surface area contributed by atoms with E-state index in [0.29, 0.717) is 18.9 Å². The lowest BCUT2D eigenvalue weighted by Crippen LogP contribution is -2.39. The van der Waals surface area contributed by atoms with Gasteiger partial charge in [-0.3, -0.25) is 4.90 Å². The van der Waals surface area contributed by atoms with Gasteiger partial charge in [-0.15, -0.1) is 0 Å². The molecule has 3 rings (SSSR count). The number of β-amino-alcohol motifs (C(OH)–C–C–N with tert-alkyl or cyclic N) is 1. The maximum atomic E-state index is 12.8. The van der Waals surface area contributed by atoms with E-state index in [2.05, 4.69) is 39.5 Å². The summed E-state index contributed by atoms with van der Waals surface area (Å²) >= 11 is 0. The molecule has 1 atom stereocenters. The Morgan fingerprint density at radius 3 is 2.82 bits per heavy atom. The normalized spacial score (nSPS) is 16.1. The van der Waals surface area contributed by atoms with E-state index < -0.39 is 6.10 Å². The number of nitrogens with zero attached hydrogens (tertiary/aromatic N) is 2. The minimum atomic E-state index is -0.489. The van der Waals surface area contributed by atoms with Crippen LogP contribution in [0.1, 0.15) is 11.1 Å². The second-order valence-corrected chi connectivity index (χ2v) is 5.65. The zero-order valence-corrected chi connectivity index (χ0v) is 12.4. The van der Waals surface area contributed by atoms with Crippen LogP contribution in [0.25, 0.3) is 0 Å². The first-order chi connectivity index (χ1) is 10.7. The number of fused-ring (bicyclic) bond motifs is 1. The highest BCUT2D eigenvalue weighted by atomic mass is 19.1. The summed E-state index contributed by atoms with van der Waals surface area (Å²) in [7, 11) is 0. The molecule has 0 radical (unpaired) electrons. The maximum Gasteiger partial charge on any atom is 0.141 e. The fraction of sp³-hybridized carbons (Fsp3) is 0.353. The van der Waals surface area contributed by atoms with Gasteiger partial charge in [0, 0.05) is 26.2 Å². The molecule has 0 fully saturated rings. The van der Waals surface area contributed by atoms with Gasteiger partial charge in [-0.2, -0.15) is 0 Å². The predicted molar refractivity (Wildman–Crippen MR) is 84.1 cm³/mol. The predicted octanol–water partition coefficient (Wildman–Crippen LogP) is 2.05. The van der Waals surface area contributed by atoms with Crippen LogP contribution in [0.15, 0.2) is 42.6 Å². The van der Waals surface area contributed by atoms with Crippen molar-refractivity contribution in [1.82, 2.24) is 9.88 Å². The van der Waals surface area contributed by atoms with Crippen molar-refractivity contribution in [2.45, 2.75) is 19.1 Å². The molecular weight excluding hydrogens is 281 g/mol. The number of hydrogen-bond acceptors (Lipinski definition) is 4. The molecule has 1 aliphatic heterocycles. The van der Waals surface area contributed by atoms with Gasteiger partial charge in [0.1, 0.15) is 11.6 Å². The monoisotopic (exact) mass is 301 g/mol. The van der Waals surface area contributed by atoms with Gasteiger partial charge in [0.2, 0.25) is 0 Å². The molecule has 2 aromatic rings. The first kappa shape index (κ1) is 14.9. The molecule has 0 unspecified atom stereocenters. The van der Waals surface area contributed by atoms with Gasteiger partial charge in [-0.05, 0) is 29.7 Å². The van der Waals surface area contributed by atoms with E-state index in [1.165, 1.54) is 17.2 Å². The largest absolute Gasteiger partial charge is 0.390 e. The molecule has 0 saturated carbocycles. The zero-order valence-electron chi connectivity index (χ0n) is 12.4. The number of pyridine rings is 1. The van der Waals surface area contributed by atoms with Gasteiger partial charge in [0.25, 0.3) is 0 Å². The average molecular weight is 301 g/mol. The fourth-order valence-corrected chi connectivity index (χ4v) is 2.78. The highest BCUT2D eigenvalue weighted by molar-refractivity contribution is 5.33.